The molecule has 5 nitrogen and oxygen atoms in total. The minimum atomic E-state index is -3.66. The van der Waals surface area contributed by atoms with Gasteiger partial charge >= 0.3 is 0 Å². The molecule has 72 valence electrons. The van der Waals surface area contributed by atoms with Crippen molar-refractivity contribution >= 4 is 10.2 Å². The van der Waals surface area contributed by atoms with Crippen LogP contribution in [0.2, 0.25) is 0 Å². The van der Waals surface area contributed by atoms with E-state index in [-0.39, 0.29) is 0 Å². The average Bonchev–Trinajstić information content (AvgIpc) is 2.03. The summed E-state index contributed by atoms with van der Waals surface area (Å²) in [5, 5.41) is 4.81. The van der Waals surface area contributed by atoms with Crippen LogP contribution in [0.5, 0.6) is 0 Å². The number of hydrogen-bond donors (Lipinski definition) is 2. The Kier molecular flexibility index (Phi) is 2.97. The highest BCUT2D eigenvalue weighted by molar-refractivity contribution is 7.87. The predicted octanol–water partition coefficient (Wildman–Crippen LogP) is -0.0643. The summed E-state index contributed by atoms with van der Waals surface area (Å²) in [5.74, 6) is 0. The molecule has 1 aromatic rings. The second kappa shape index (κ2) is 3.82. The van der Waals surface area contributed by atoms with E-state index in [0.717, 1.165) is 0 Å². The Labute approximate surface area is 77.2 Å². The summed E-state index contributed by atoms with van der Waals surface area (Å²) in [7, 11) is -3.66. The Morgan fingerprint density at radius 2 is 2.23 bits per heavy atom. The first-order chi connectivity index (χ1) is 5.99. The Hall–Kier alpha value is -0.980. The average molecular weight is 201 g/mol. The third-order valence-electron chi connectivity index (χ3n) is 1.47. The van der Waals surface area contributed by atoms with E-state index in [1.807, 2.05) is 0 Å². The highest BCUT2D eigenvalue weighted by Gasteiger charge is 2.11. The van der Waals surface area contributed by atoms with Gasteiger partial charge in [-0.1, -0.05) is 6.07 Å². The van der Waals surface area contributed by atoms with Crippen LogP contribution in [0, 0.1) is 0 Å². The quantitative estimate of drug-likeness (QED) is 0.718. The van der Waals surface area contributed by atoms with E-state index in [1.54, 1.807) is 31.3 Å². The normalized spacial score (nSPS) is 14.0. The molecule has 0 aliphatic carbocycles. The fourth-order valence-corrected chi connectivity index (χ4v) is 1.55. The number of rotatable bonds is 3. The lowest BCUT2D eigenvalue weighted by Crippen LogP contribution is -2.33. The summed E-state index contributed by atoms with van der Waals surface area (Å²) in [6.07, 6.45) is 1.59. The zero-order valence-electron chi connectivity index (χ0n) is 7.14. The largest absolute Gasteiger partial charge is 0.274 e. The smallest absolute Gasteiger partial charge is 0.260 e. The number of hydrogen-bond acceptors (Lipinski definition) is 3. The van der Waals surface area contributed by atoms with Crippen molar-refractivity contribution in [2.75, 3.05) is 0 Å². The topological polar surface area (TPSA) is 85.1 Å². The Bertz CT molecular complexity index is 363. The van der Waals surface area contributed by atoms with E-state index >= 15 is 0 Å². The van der Waals surface area contributed by atoms with Crippen molar-refractivity contribution in [3.8, 4) is 0 Å². The van der Waals surface area contributed by atoms with Crippen LogP contribution in [0.1, 0.15) is 18.7 Å². The molecule has 0 fully saturated rings. The van der Waals surface area contributed by atoms with Crippen molar-refractivity contribution in [2.24, 2.45) is 5.14 Å². The van der Waals surface area contributed by atoms with Crippen molar-refractivity contribution in [1.82, 2.24) is 9.71 Å². The van der Waals surface area contributed by atoms with Gasteiger partial charge in [-0.05, 0) is 19.1 Å². The van der Waals surface area contributed by atoms with E-state index in [9.17, 15) is 8.42 Å². The zero-order valence-corrected chi connectivity index (χ0v) is 7.95. The Balaban J connectivity index is 2.76. The third kappa shape index (κ3) is 3.49. The maximum Gasteiger partial charge on any atom is 0.274 e. The van der Waals surface area contributed by atoms with Gasteiger partial charge in [-0.15, -0.1) is 0 Å². The molecular weight excluding hydrogens is 190 g/mol. The third-order valence-corrected chi connectivity index (χ3v) is 2.15. The molecule has 6 heteroatoms. The van der Waals surface area contributed by atoms with Crippen molar-refractivity contribution in [2.45, 2.75) is 13.0 Å². The van der Waals surface area contributed by atoms with Gasteiger partial charge < -0.3 is 0 Å². The number of aromatic nitrogens is 1. The Morgan fingerprint density at radius 1 is 1.54 bits per heavy atom. The van der Waals surface area contributed by atoms with Gasteiger partial charge in [-0.25, -0.2) is 5.14 Å². The second-order valence-corrected chi connectivity index (χ2v) is 3.96. The molecule has 0 radical (unpaired) electrons. The SMILES string of the molecule is C[C@@H](NS(N)(=O)=O)c1ccccn1. The van der Waals surface area contributed by atoms with Crippen molar-refractivity contribution < 1.29 is 8.42 Å². The van der Waals surface area contributed by atoms with Crippen LogP contribution in [-0.4, -0.2) is 13.4 Å². The van der Waals surface area contributed by atoms with Gasteiger partial charge in [-0.2, -0.15) is 13.1 Å². The summed E-state index contributed by atoms with van der Waals surface area (Å²) in [6.45, 7) is 1.67. The summed E-state index contributed by atoms with van der Waals surface area (Å²) in [4.78, 5) is 3.98. The molecule has 0 aromatic carbocycles. The lowest BCUT2D eigenvalue weighted by Gasteiger charge is -2.10. The molecule has 3 N–H and O–H groups in total. The lowest BCUT2D eigenvalue weighted by atomic mass is 10.2. The minimum absolute atomic E-state index is 0.406. The van der Waals surface area contributed by atoms with Crippen LogP contribution in [0.25, 0.3) is 0 Å². The van der Waals surface area contributed by atoms with E-state index in [0.29, 0.717) is 5.69 Å². The van der Waals surface area contributed by atoms with Crippen LogP contribution in [-0.2, 0) is 10.2 Å². The predicted molar refractivity (Wildman–Crippen MR) is 48.9 cm³/mol. The summed E-state index contributed by atoms with van der Waals surface area (Å²) in [5.41, 5.74) is 0.636. The molecule has 0 amide bonds. The number of nitrogens with zero attached hydrogens (tertiary/aromatic N) is 1. The van der Waals surface area contributed by atoms with E-state index in [1.165, 1.54) is 0 Å². The van der Waals surface area contributed by atoms with Crippen LogP contribution < -0.4 is 9.86 Å². The molecule has 1 aromatic heterocycles. The molecule has 0 unspecified atom stereocenters. The first-order valence-corrected chi connectivity index (χ1v) is 5.24. The monoisotopic (exact) mass is 201 g/mol. The van der Waals surface area contributed by atoms with Crippen molar-refractivity contribution in [3.05, 3.63) is 30.1 Å². The standard InChI is InChI=1S/C7H11N3O2S/c1-6(10-13(8,11)12)7-4-2-3-5-9-7/h2-6,10H,1H3,(H2,8,11,12)/t6-/m1/s1. The summed E-state index contributed by atoms with van der Waals surface area (Å²) < 4.78 is 23.5. The maximum atomic E-state index is 10.7. The van der Waals surface area contributed by atoms with Gasteiger partial charge in [0, 0.05) is 6.20 Å². The van der Waals surface area contributed by atoms with E-state index < -0.39 is 16.3 Å². The molecule has 0 aliphatic heterocycles. The highest BCUT2D eigenvalue weighted by atomic mass is 32.2. The highest BCUT2D eigenvalue weighted by Crippen LogP contribution is 2.07. The van der Waals surface area contributed by atoms with Crippen LogP contribution in [0.3, 0.4) is 0 Å². The van der Waals surface area contributed by atoms with Gasteiger partial charge in [0.1, 0.15) is 0 Å². The van der Waals surface area contributed by atoms with Gasteiger partial charge in [0.25, 0.3) is 10.2 Å². The van der Waals surface area contributed by atoms with E-state index in [2.05, 4.69) is 9.71 Å². The molecule has 13 heavy (non-hydrogen) atoms. The van der Waals surface area contributed by atoms with Crippen LogP contribution in [0.15, 0.2) is 24.4 Å². The first-order valence-electron chi connectivity index (χ1n) is 3.70. The van der Waals surface area contributed by atoms with Crippen molar-refractivity contribution in [3.63, 3.8) is 0 Å². The molecule has 0 saturated carbocycles. The molecular formula is C7H11N3O2S. The summed E-state index contributed by atoms with van der Waals surface area (Å²) >= 11 is 0. The Morgan fingerprint density at radius 3 is 2.69 bits per heavy atom. The van der Waals surface area contributed by atoms with E-state index in [4.69, 9.17) is 5.14 Å². The molecule has 0 bridgehead atoms. The van der Waals surface area contributed by atoms with Gasteiger partial charge in [-0.3, -0.25) is 4.98 Å². The lowest BCUT2D eigenvalue weighted by molar-refractivity contribution is 0.565. The number of nitrogens with two attached hydrogens (primary N) is 1. The zero-order chi connectivity index (χ0) is 9.90. The maximum absolute atomic E-state index is 10.7. The van der Waals surface area contributed by atoms with Gasteiger partial charge in [0.05, 0.1) is 11.7 Å². The molecule has 0 saturated heterocycles. The number of pyridine rings is 1. The van der Waals surface area contributed by atoms with Gasteiger partial charge in [0.15, 0.2) is 0 Å². The second-order valence-electron chi connectivity index (χ2n) is 2.64. The molecule has 0 aliphatic rings. The van der Waals surface area contributed by atoms with Crippen LogP contribution in [0.4, 0.5) is 0 Å². The van der Waals surface area contributed by atoms with Gasteiger partial charge in [0.2, 0.25) is 0 Å². The molecule has 1 heterocycles. The fraction of sp³-hybridized carbons (Fsp3) is 0.286. The number of nitrogens with one attached hydrogen (secondary N) is 1. The van der Waals surface area contributed by atoms with Crippen molar-refractivity contribution in [1.29, 1.82) is 0 Å². The molecule has 0 spiro atoms. The van der Waals surface area contributed by atoms with Crippen LogP contribution >= 0.6 is 0 Å². The first kappa shape index (κ1) is 10.1. The molecule has 1 rings (SSSR count). The fourth-order valence-electron chi connectivity index (χ4n) is 0.939. The minimum Gasteiger partial charge on any atom is -0.260 e. The molecule has 1 atom stereocenters. The summed E-state index contributed by atoms with van der Waals surface area (Å²) in [6, 6.07) is 4.86.